The van der Waals surface area contributed by atoms with Crippen LogP contribution in [0, 0.1) is 0 Å². The molecular formula is C18H22O4. The van der Waals surface area contributed by atoms with Gasteiger partial charge in [-0.15, -0.1) is 0 Å². The van der Waals surface area contributed by atoms with E-state index in [1.807, 2.05) is 6.92 Å². The highest BCUT2D eigenvalue weighted by Gasteiger charge is 2.25. The molecule has 4 nitrogen and oxygen atoms in total. The molecule has 2 atom stereocenters. The molecule has 22 heavy (non-hydrogen) atoms. The minimum atomic E-state index is -0.0454. The van der Waals surface area contributed by atoms with Gasteiger partial charge in [0.2, 0.25) is 0 Å². The quantitative estimate of drug-likeness (QED) is 0.667. The molecule has 2 aromatic carbocycles. The second-order valence-corrected chi connectivity index (χ2v) is 5.67. The summed E-state index contributed by atoms with van der Waals surface area (Å²) in [4.78, 5) is 0. The first-order valence-electron chi connectivity index (χ1n) is 7.47. The molecule has 0 aromatic heterocycles. The average Bonchev–Trinajstić information content (AvgIpc) is 2.45. The Morgan fingerprint density at radius 2 is 1.32 bits per heavy atom. The van der Waals surface area contributed by atoms with E-state index < -0.39 is 0 Å². The van der Waals surface area contributed by atoms with Crippen LogP contribution in [0.2, 0.25) is 0 Å². The van der Waals surface area contributed by atoms with Crippen LogP contribution in [0.15, 0.2) is 36.4 Å². The van der Waals surface area contributed by atoms with E-state index in [0.717, 1.165) is 24.0 Å². The molecule has 0 aliphatic heterocycles. The summed E-state index contributed by atoms with van der Waals surface area (Å²) in [5, 5.41) is 39.1. The van der Waals surface area contributed by atoms with E-state index in [1.165, 1.54) is 12.1 Å². The van der Waals surface area contributed by atoms with Crippen LogP contribution in [0.25, 0.3) is 0 Å². The van der Waals surface area contributed by atoms with Crippen molar-refractivity contribution in [2.45, 2.75) is 38.5 Å². The second kappa shape index (κ2) is 6.60. The highest BCUT2D eigenvalue weighted by molar-refractivity contribution is 5.46. The van der Waals surface area contributed by atoms with Gasteiger partial charge in [-0.1, -0.05) is 32.4 Å². The Hall–Kier alpha value is -2.36. The first-order chi connectivity index (χ1) is 10.4. The molecule has 0 radical (unpaired) electrons. The molecule has 4 N–H and O–H groups in total. The third-order valence-electron chi connectivity index (χ3n) is 4.12. The predicted octanol–water partition coefficient (Wildman–Crippen LogP) is 4.20. The van der Waals surface area contributed by atoms with Gasteiger partial charge in [-0.05, 0) is 41.5 Å². The minimum Gasteiger partial charge on any atom is -0.508 e. The average molecular weight is 302 g/mol. The van der Waals surface area contributed by atoms with Crippen molar-refractivity contribution in [1.82, 2.24) is 0 Å². The van der Waals surface area contributed by atoms with E-state index in [4.69, 9.17) is 0 Å². The number of hydrogen-bond acceptors (Lipinski definition) is 4. The van der Waals surface area contributed by atoms with Gasteiger partial charge in [0.05, 0.1) is 0 Å². The second-order valence-electron chi connectivity index (χ2n) is 5.67. The third kappa shape index (κ3) is 3.27. The van der Waals surface area contributed by atoms with Gasteiger partial charge in [-0.3, -0.25) is 0 Å². The van der Waals surface area contributed by atoms with Crippen molar-refractivity contribution in [3.05, 3.63) is 47.5 Å². The molecule has 0 aliphatic carbocycles. The number of phenolic OH excluding ortho intramolecular Hbond substituents is 4. The van der Waals surface area contributed by atoms with E-state index in [9.17, 15) is 20.4 Å². The van der Waals surface area contributed by atoms with E-state index in [2.05, 4.69) is 6.92 Å². The molecule has 118 valence electrons. The number of phenols is 4. The molecule has 0 saturated heterocycles. The van der Waals surface area contributed by atoms with Gasteiger partial charge in [0, 0.05) is 12.1 Å². The normalized spacial score (nSPS) is 13.7. The highest BCUT2D eigenvalue weighted by Crippen LogP contribution is 2.43. The van der Waals surface area contributed by atoms with Crippen LogP contribution < -0.4 is 0 Å². The van der Waals surface area contributed by atoms with Gasteiger partial charge >= 0.3 is 0 Å². The lowest BCUT2D eigenvalue weighted by molar-refractivity contribution is 0.417. The molecule has 4 heteroatoms. The minimum absolute atomic E-state index is 0.000966. The SMILES string of the molecule is CCCC(c1ccc(O)cc1O)C(C)c1ccc(O)cc1O. The van der Waals surface area contributed by atoms with Crippen molar-refractivity contribution in [3.8, 4) is 23.0 Å². The molecule has 0 spiro atoms. The zero-order valence-corrected chi connectivity index (χ0v) is 12.8. The fourth-order valence-electron chi connectivity index (χ4n) is 2.97. The summed E-state index contributed by atoms with van der Waals surface area (Å²) in [6, 6.07) is 9.19. The van der Waals surface area contributed by atoms with Crippen LogP contribution in [0.1, 0.15) is 49.7 Å². The van der Waals surface area contributed by atoms with Gasteiger partial charge in [-0.25, -0.2) is 0 Å². The van der Waals surface area contributed by atoms with E-state index in [-0.39, 0.29) is 34.8 Å². The van der Waals surface area contributed by atoms with Gasteiger partial charge < -0.3 is 20.4 Å². The largest absolute Gasteiger partial charge is 0.508 e. The maximum Gasteiger partial charge on any atom is 0.122 e. The Bertz CT molecular complexity index is 652. The van der Waals surface area contributed by atoms with Crippen LogP contribution in [-0.4, -0.2) is 20.4 Å². The lowest BCUT2D eigenvalue weighted by atomic mass is 9.79. The lowest BCUT2D eigenvalue weighted by Gasteiger charge is -2.26. The smallest absolute Gasteiger partial charge is 0.122 e. The summed E-state index contributed by atoms with van der Waals surface area (Å²) in [6.45, 7) is 4.05. The Morgan fingerprint density at radius 1 is 0.818 bits per heavy atom. The fraction of sp³-hybridized carbons (Fsp3) is 0.333. The highest BCUT2D eigenvalue weighted by atomic mass is 16.3. The maximum atomic E-state index is 10.1. The molecule has 0 saturated carbocycles. The third-order valence-corrected chi connectivity index (χ3v) is 4.12. The standard InChI is InChI=1S/C18H22O4/c1-3-4-14(16-8-6-13(20)10-18(16)22)11(2)15-7-5-12(19)9-17(15)21/h5-11,14,19-22H,3-4H2,1-2H3. The molecule has 2 unspecified atom stereocenters. The monoisotopic (exact) mass is 302 g/mol. The van der Waals surface area contributed by atoms with Crippen molar-refractivity contribution in [2.75, 3.05) is 0 Å². The summed E-state index contributed by atoms with van der Waals surface area (Å²) in [7, 11) is 0. The molecule has 2 rings (SSSR count). The number of aromatic hydroxyl groups is 4. The van der Waals surface area contributed by atoms with Crippen molar-refractivity contribution >= 4 is 0 Å². The topological polar surface area (TPSA) is 80.9 Å². The van der Waals surface area contributed by atoms with Crippen LogP contribution in [0.3, 0.4) is 0 Å². The number of rotatable bonds is 5. The molecule has 0 bridgehead atoms. The lowest BCUT2D eigenvalue weighted by Crippen LogP contribution is -2.09. The first kappa shape index (κ1) is 16.0. The van der Waals surface area contributed by atoms with Gasteiger partial charge in [-0.2, -0.15) is 0 Å². The molecular weight excluding hydrogens is 280 g/mol. The summed E-state index contributed by atoms with van der Waals surface area (Å²) in [5.74, 6) is 0.108. The zero-order valence-electron chi connectivity index (χ0n) is 12.8. The van der Waals surface area contributed by atoms with Crippen molar-refractivity contribution in [3.63, 3.8) is 0 Å². The van der Waals surface area contributed by atoms with Crippen molar-refractivity contribution < 1.29 is 20.4 Å². The fourth-order valence-corrected chi connectivity index (χ4v) is 2.97. The van der Waals surface area contributed by atoms with E-state index >= 15 is 0 Å². The molecule has 2 aromatic rings. The Kier molecular flexibility index (Phi) is 4.81. The van der Waals surface area contributed by atoms with E-state index in [1.54, 1.807) is 24.3 Å². The van der Waals surface area contributed by atoms with Crippen LogP contribution in [-0.2, 0) is 0 Å². The van der Waals surface area contributed by atoms with Gasteiger partial charge in [0.15, 0.2) is 0 Å². The van der Waals surface area contributed by atoms with Crippen LogP contribution in [0.5, 0.6) is 23.0 Å². The van der Waals surface area contributed by atoms with Crippen LogP contribution >= 0.6 is 0 Å². The first-order valence-corrected chi connectivity index (χ1v) is 7.47. The van der Waals surface area contributed by atoms with Crippen LogP contribution in [0.4, 0.5) is 0 Å². The molecule has 0 aliphatic rings. The summed E-state index contributed by atoms with van der Waals surface area (Å²) >= 11 is 0. The molecule has 0 fully saturated rings. The Balaban J connectivity index is 2.42. The molecule has 0 heterocycles. The van der Waals surface area contributed by atoms with Gasteiger partial charge in [0.25, 0.3) is 0 Å². The van der Waals surface area contributed by atoms with E-state index in [0.29, 0.717) is 0 Å². The summed E-state index contributed by atoms with van der Waals surface area (Å²) < 4.78 is 0. The number of hydrogen-bond donors (Lipinski definition) is 4. The molecule has 0 amide bonds. The maximum absolute atomic E-state index is 10.1. The zero-order chi connectivity index (χ0) is 16.3. The summed E-state index contributed by atoms with van der Waals surface area (Å²) in [6.07, 6.45) is 1.76. The number of benzene rings is 2. The Morgan fingerprint density at radius 3 is 1.77 bits per heavy atom. The van der Waals surface area contributed by atoms with Gasteiger partial charge in [0.1, 0.15) is 23.0 Å². The summed E-state index contributed by atoms with van der Waals surface area (Å²) in [5.41, 5.74) is 1.48. The van der Waals surface area contributed by atoms with Crippen molar-refractivity contribution in [1.29, 1.82) is 0 Å². The van der Waals surface area contributed by atoms with Crippen molar-refractivity contribution in [2.24, 2.45) is 0 Å². The Labute approximate surface area is 130 Å². The predicted molar refractivity (Wildman–Crippen MR) is 85.6 cm³/mol.